The molecule has 2 heterocycles. The van der Waals surface area contributed by atoms with Gasteiger partial charge in [-0.3, -0.25) is 9.59 Å². The van der Waals surface area contributed by atoms with Gasteiger partial charge in [0.05, 0.1) is 5.69 Å². The maximum atomic E-state index is 12.8. The van der Waals surface area contributed by atoms with Crippen molar-refractivity contribution in [2.75, 3.05) is 13.1 Å². The smallest absolute Gasteiger partial charge is 0.303 e. The summed E-state index contributed by atoms with van der Waals surface area (Å²) >= 11 is 0. The highest BCUT2D eigenvalue weighted by atomic mass is 16.4. The number of carboxylic acids is 1. The fraction of sp³-hybridized carbons (Fsp3) is 0.412. The quantitative estimate of drug-likeness (QED) is 0.906. The normalized spacial score (nSPS) is 17.7. The average Bonchev–Trinajstić information content (AvgIpc) is 3.14. The van der Waals surface area contributed by atoms with Gasteiger partial charge in [-0.05, 0) is 43.4 Å². The fourth-order valence-corrected chi connectivity index (χ4v) is 3.12. The minimum absolute atomic E-state index is 0.0167. The highest BCUT2D eigenvalue weighted by Crippen LogP contribution is 2.23. The summed E-state index contributed by atoms with van der Waals surface area (Å²) in [5, 5.41) is 12.9. The maximum absolute atomic E-state index is 12.8. The van der Waals surface area contributed by atoms with E-state index < -0.39 is 5.97 Å². The molecule has 1 aliphatic heterocycles. The summed E-state index contributed by atoms with van der Waals surface area (Å²) in [7, 11) is 0. The number of benzene rings is 1. The molecule has 0 bridgehead atoms. The maximum Gasteiger partial charge on any atom is 0.303 e. The first kappa shape index (κ1) is 16.2. The summed E-state index contributed by atoms with van der Waals surface area (Å²) in [5.41, 5.74) is 1.40. The number of carboxylic acid groups (broad SMARTS) is 1. The summed E-state index contributed by atoms with van der Waals surface area (Å²) in [6, 6.07) is 7.30. The van der Waals surface area contributed by atoms with Gasteiger partial charge >= 0.3 is 5.97 Å². The van der Waals surface area contributed by atoms with E-state index in [-0.39, 0.29) is 18.2 Å². The van der Waals surface area contributed by atoms with E-state index in [0.29, 0.717) is 18.5 Å². The van der Waals surface area contributed by atoms with Crippen LogP contribution >= 0.6 is 0 Å². The van der Waals surface area contributed by atoms with Crippen LogP contribution in [0.4, 0.5) is 0 Å². The molecule has 1 atom stereocenters. The van der Waals surface area contributed by atoms with Gasteiger partial charge in [0, 0.05) is 25.1 Å². The summed E-state index contributed by atoms with van der Waals surface area (Å²) in [6.45, 7) is 1.34. The molecule has 7 heteroatoms. The van der Waals surface area contributed by atoms with Crippen molar-refractivity contribution < 1.29 is 14.7 Å². The fourth-order valence-electron chi connectivity index (χ4n) is 3.12. The zero-order valence-electron chi connectivity index (χ0n) is 13.3. The first-order chi connectivity index (χ1) is 11.6. The van der Waals surface area contributed by atoms with E-state index in [1.54, 1.807) is 23.1 Å². The van der Waals surface area contributed by atoms with Crippen LogP contribution in [-0.4, -0.2) is 49.7 Å². The first-order valence-corrected chi connectivity index (χ1v) is 8.09. The van der Waals surface area contributed by atoms with Gasteiger partial charge in [0.25, 0.3) is 5.91 Å². The van der Waals surface area contributed by atoms with Gasteiger partial charge in [-0.2, -0.15) is 5.10 Å². The van der Waals surface area contributed by atoms with Crippen molar-refractivity contribution in [2.24, 2.45) is 5.92 Å². The second-order valence-electron chi connectivity index (χ2n) is 6.08. The first-order valence-electron chi connectivity index (χ1n) is 8.09. The number of carbonyl (C=O) groups is 2. The van der Waals surface area contributed by atoms with Gasteiger partial charge in [0.1, 0.15) is 12.7 Å². The molecule has 0 spiro atoms. The predicted octanol–water partition coefficient (Wildman–Crippen LogP) is 1.98. The van der Waals surface area contributed by atoms with Gasteiger partial charge in [0.2, 0.25) is 0 Å². The summed E-state index contributed by atoms with van der Waals surface area (Å²) in [5.74, 6) is -0.534. The molecular formula is C17H20N4O3. The molecule has 1 aromatic heterocycles. The van der Waals surface area contributed by atoms with Crippen molar-refractivity contribution in [1.82, 2.24) is 19.7 Å². The molecular weight excluding hydrogens is 308 g/mol. The molecule has 1 N–H and O–H groups in total. The molecule has 1 saturated heterocycles. The number of hydrogen-bond donors (Lipinski definition) is 1. The lowest BCUT2D eigenvalue weighted by atomic mass is 9.93. The molecule has 24 heavy (non-hydrogen) atoms. The molecule has 1 amide bonds. The Balaban J connectivity index is 1.69. The number of carbonyl (C=O) groups excluding carboxylic acids is 1. The van der Waals surface area contributed by atoms with Gasteiger partial charge < -0.3 is 10.0 Å². The third-order valence-electron chi connectivity index (χ3n) is 4.35. The highest BCUT2D eigenvalue weighted by molar-refractivity contribution is 5.94. The number of likely N-dealkylation sites (tertiary alicyclic amines) is 1. The number of hydrogen-bond acceptors (Lipinski definition) is 4. The highest BCUT2D eigenvalue weighted by Gasteiger charge is 2.25. The topological polar surface area (TPSA) is 88.3 Å². The molecule has 1 aromatic carbocycles. The van der Waals surface area contributed by atoms with Gasteiger partial charge in [0.15, 0.2) is 0 Å². The number of rotatable bonds is 5. The Morgan fingerprint density at radius 2 is 2.21 bits per heavy atom. The lowest BCUT2D eigenvalue weighted by Gasteiger charge is -2.32. The van der Waals surface area contributed by atoms with E-state index in [4.69, 9.17) is 5.11 Å². The molecule has 0 aliphatic carbocycles. The molecule has 1 aliphatic rings. The van der Waals surface area contributed by atoms with Crippen LogP contribution in [0.15, 0.2) is 36.9 Å². The van der Waals surface area contributed by atoms with Crippen molar-refractivity contribution in [1.29, 1.82) is 0 Å². The van der Waals surface area contributed by atoms with Gasteiger partial charge in [-0.1, -0.05) is 6.07 Å². The largest absolute Gasteiger partial charge is 0.481 e. The van der Waals surface area contributed by atoms with Crippen LogP contribution in [-0.2, 0) is 4.79 Å². The number of amides is 1. The number of aliphatic carboxylic acids is 1. The van der Waals surface area contributed by atoms with E-state index in [1.807, 2.05) is 17.0 Å². The van der Waals surface area contributed by atoms with Crippen molar-refractivity contribution >= 4 is 11.9 Å². The van der Waals surface area contributed by atoms with Crippen molar-refractivity contribution in [3.8, 4) is 5.69 Å². The third-order valence-corrected chi connectivity index (χ3v) is 4.35. The Kier molecular flexibility index (Phi) is 4.88. The van der Waals surface area contributed by atoms with E-state index in [2.05, 4.69) is 10.1 Å². The lowest BCUT2D eigenvalue weighted by Crippen LogP contribution is -2.40. The van der Waals surface area contributed by atoms with E-state index in [1.165, 1.54) is 6.33 Å². The van der Waals surface area contributed by atoms with Crippen LogP contribution in [0, 0.1) is 5.92 Å². The molecule has 0 saturated carbocycles. The van der Waals surface area contributed by atoms with Crippen LogP contribution in [0.5, 0.6) is 0 Å². The monoisotopic (exact) mass is 328 g/mol. The van der Waals surface area contributed by atoms with Gasteiger partial charge in [-0.15, -0.1) is 0 Å². The zero-order chi connectivity index (χ0) is 16.9. The van der Waals surface area contributed by atoms with Crippen molar-refractivity contribution in [3.05, 3.63) is 42.5 Å². The molecule has 2 aromatic rings. The standard InChI is InChI=1S/C17H20N4O3/c22-16(23)7-6-13-3-2-8-20(10-13)17(24)14-4-1-5-15(9-14)21-12-18-11-19-21/h1,4-5,9,11-13H,2-3,6-8,10H2,(H,22,23)/t13-/m1/s1. The van der Waals surface area contributed by atoms with Crippen molar-refractivity contribution in [2.45, 2.75) is 25.7 Å². The summed E-state index contributed by atoms with van der Waals surface area (Å²) < 4.78 is 1.61. The Hall–Kier alpha value is -2.70. The molecule has 0 unspecified atom stereocenters. The number of piperidine rings is 1. The molecule has 0 radical (unpaired) electrons. The minimum atomic E-state index is -0.779. The van der Waals surface area contributed by atoms with E-state index in [9.17, 15) is 9.59 Å². The SMILES string of the molecule is O=C(O)CC[C@H]1CCCN(C(=O)c2cccc(-n3cncn3)c2)C1. The minimum Gasteiger partial charge on any atom is -0.481 e. The number of nitrogens with zero attached hydrogens (tertiary/aromatic N) is 4. The zero-order valence-corrected chi connectivity index (χ0v) is 13.3. The summed E-state index contributed by atoms with van der Waals surface area (Å²) in [6.07, 6.45) is 5.72. The Morgan fingerprint density at radius 1 is 1.33 bits per heavy atom. The van der Waals surface area contributed by atoms with Crippen LogP contribution in [0.1, 0.15) is 36.0 Å². The van der Waals surface area contributed by atoms with E-state index >= 15 is 0 Å². The predicted molar refractivity (Wildman–Crippen MR) is 86.9 cm³/mol. The van der Waals surface area contributed by atoms with Crippen LogP contribution in [0.3, 0.4) is 0 Å². The van der Waals surface area contributed by atoms with E-state index in [0.717, 1.165) is 25.1 Å². The Morgan fingerprint density at radius 3 is 2.96 bits per heavy atom. The Labute approximate surface area is 139 Å². The second-order valence-corrected chi connectivity index (χ2v) is 6.08. The average molecular weight is 328 g/mol. The molecule has 3 rings (SSSR count). The number of aromatic nitrogens is 3. The van der Waals surface area contributed by atoms with Gasteiger partial charge in [-0.25, -0.2) is 9.67 Å². The second kappa shape index (κ2) is 7.25. The Bertz CT molecular complexity index is 714. The van der Waals surface area contributed by atoms with Crippen LogP contribution in [0.25, 0.3) is 5.69 Å². The molecule has 7 nitrogen and oxygen atoms in total. The lowest BCUT2D eigenvalue weighted by molar-refractivity contribution is -0.137. The van der Waals surface area contributed by atoms with Crippen molar-refractivity contribution in [3.63, 3.8) is 0 Å². The third kappa shape index (κ3) is 3.79. The molecule has 1 fully saturated rings. The molecule has 126 valence electrons. The van der Waals surface area contributed by atoms with Crippen LogP contribution < -0.4 is 0 Å². The van der Waals surface area contributed by atoms with Crippen LogP contribution in [0.2, 0.25) is 0 Å². The summed E-state index contributed by atoms with van der Waals surface area (Å²) in [4.78, 5) is 29.3.